The molecule has 0 aromatic carbocycles. The number of hydrogen-bond donors (Lipinski definition) is 2. The molecule has 0 aliphatic carbocycles. The highest BCUT2D eigenvalue weighted by Crippen LogP contribution is 2.10. The van der Waals surface area contributed by atoms with Gasteiger partial charge in [0, 0.05) is 32.2 Å². The van der Waals surface area contributed by atoms with E-state index in [1.54, 1.807) is 13.0 Å². The van der Waals surface area contributed by atoms with E-state index >= 15 is 0 Å². The van der Waals surface area contributed by atoms with Gasteiger partial charge < -0.3 is 10.3 Å². The Balaban J connectivity index is 1.83. The summed E-state index contributed by atoms with van der Waals surface area (Å²) >= 11 is 0. The van der Waals surface area contributed by atoms with Crippen LogP contribution in [0.2, 0.25) is 0 Å². The molecule has 0 spiro atoms. The summed E-state index contributed by atoms with van der Waals surface area (Å²) in [5, 5.41) is 8.52. The number of fused-ring (bicyclic) bond motifs is 1. The maximum Gasteiger partial charge on any atom is 0.349 e. The Morgan fingerprint density at radius 1 is 1.32 bits per heavy atom. The zero-order valence-corrected chi connectivity index (χ0v) is 11.1. The first-order valence-corrected chi connectivity index (χ1v) is 6.28. The van der Waals surface area contributed by atoms with Crippen molar-refractivity contribution in [2.24, 2.45) is 0 Å². The maximum atomic E-state index is 11.5. The summed E-state index contributed by atoms with van der Waals surface area (Å²) < 4.78 is 1.45. The smallest absolute Gasteiger partial charge is 0.304 e. The predicted octanol–water partition coefficient (Wildman–Crippen LogP) is -0.700. The molecule has 0 unspecified atom stereocenters. The van der Waals surface area contributed by atoms with E-state index in [1.165, 1.54) is 4.40 Å². The average Bonchev–Trinajstić information content (AvgIpc) is 2.74. The average molecular weight is 263 g/mol. The minimum atomic E-state index is -0.258. The van der Waals surface area contributed by atoms with E-state index in [0.29, 0.717) is 17.3 Å². The minimum absolute atomic E-state index is 0.258. The van der Waals surface area contributed by atoms with Gasteiger partial charge in [-0.1, -0.05) is 0 Å². The normalized spacial score (nSPS) is 18.0. The number of aromatic nitrogens is 4. The van der Waals surface area contributed by atoms with E-state index in [4.69, 9.17) is 0 Å². The van der Waals surface area contributed by atoms with E-state index in [2.05, 4.69) is 37.6 Å². The van der Waals surface area contributed by atoms with Crippen LogP contribution in [0.15, 0.2) is 10.9 Å². The van der Waals surface area contributed by atoms with Crippen molar-refractivity contribution in [1.82, 2.24) is 29.5 Å². The van der Waals surface area contributed by atoms with Crippen molar-refractivity contribution in [2.75, 3.05) is 38.7 Å². The van der Waals surface area contributed by atoms with Gasteiger partial charge in [0.2, 0.25) is 0 Å². The summed E-state index contributed by atoms with van der Waals surface area (Å²) in [5.74, 6) is 1.33. The molecule has 1 aliphatic heterocycles. The van der Waals surface area contributed by atoms with Gasteiger partial charge in [-0.2, -0.15) is 5.10 Å². The Morgan fingerprint density at radius 3 is 2.79 bits per heavy atom. The lowest BCUT2D eigenvalue weighted by Gasteiger charge is -2.32. The van der Waals surface area contributed by atoms with Crippen LogP contribution in [0.4, 0.5) is 5.82 Å². The second-order valence-electron chi connectivity index (χ2n) is 4.81. The highest BCUT2D eigenvalue weighted by molar-refractivity contribution is 5.49. The molecule has 0 atom stereocenters. The van der Waals surface area contributed by atoms with Crippen LogP contribution in [0.1, 0.15) is 5.82 Å². The van der Waals surface area contributed by atoms with Crippen LogP contribution < -0.4 is 11.1 Å². The monoisotopic (exact) mass is 263 g/mol. The van der Waals surface area contributed by atoms with Gasteiger partial charge >= 0.3 is 5.69 Å². The fourth-order valence-corrected chi connectivity index (χ4v) is 2.24. The number of hydrazine groups is 1. The van der Waals surface area contributed by atoms with Gasteiger partial charge in [-0.05, 0) is 14.0 Å². The lowest BCUT2D eigenvalue weighted by Crippen LogP contribution is -2.47. The molecule has 0 bridgehead atoms. The Bertz CT molecular complexity index is 638. The number of piperazine rings is 1. The number of nitrogens with one attached hydrogen (secondary N) is 2. The van der Waals surface area contributed by atoms with Gasteiger partial charge in [-0.3, -0.25) is 0 Å². The fraction of sp³-hybridized carbons (Fsp3) is 0.545. The lowest BCUT2D eigenvalue weighted by molar-refractivity contribution is 0.178. The Kier molecular flexibility index (Phi) is 2.96. The summed E-state index contributed by atoms with van der Waals surface area (Å²) in [5.41, 5.74) is 3.59. The molecule has 2 aromatic heterocycles. The number of aryl methyl sites for hydroxylation is 1. The SMILES string of the molecule is Cc1nc(NN2CCN(C)CC2)cc2n[nH]c(=O)n12. The van der Waals surface area contributed by atoms with Crippen LogP contribution in [0.5, 0.6) is 0 Å². The molecule has 3 rings (SSSR count). The first kappa shape index (κ1) is 12.1. The molecular formula is C11H17N7O. The summed E-state index contributed by atoms with van der Waals surface area (Å²) in [4.78, 5) is 18.2. The molecule has 1 saturated heterocycles. The second-order valence-corrected chi connectivity index (χ2v) is 4.81. The standard InChI is InChI=1S/C11H17N7O/c1-8-12-9(7-10-13-14-11(19)18(8)10)15-17-5-3-16(2)4-6-17/h7,15H,3-6H2,1-2H3,(H,14,19). The largest absolute Gasteiger partial charge is 0.349 e. The van der Waals surface area contributed by atoms with Crippen molar-refractivity contribution < 1.29 is 0 Å². The third kappa shape index (κ3) is 2.32. The van der Waals surface area contributed by atoms with Gasteiger partial charge in [0.25, 0.3) is 0 Å². The Hall–Kier alpha value is -1.93. The van der Waals surface area contributed by atoms with Gasteiger partial charge in [0.15, 0.2) is 5.65 Å². The molecule has 0 saturated carbocycles. The number of anilines is 1. The molecular weight excluding hydrogens is 246 g/mol. The van der Waals surface area contributed by atoms with Gasteiger partial charge in [0.1, 0.15) is 11.6 Å². The highest BCUT2D eigenvalue weighted by Gasteiger charge is 2.15. The molecule has 0 amide bonds. The summed E-state index contributed by atoms with van der Waals surface area (Å²) in [7, 11) is 2.11. The van der Waals surface area contributed by atoms with Crippen molar-refractivity contribution in [3.8, 4) is 0 Å². The number of H-pyrrole nitrogens is 1. The summed E-state index contributed by atoms with van der Waals surface area (Å²) in [6.07, 6.45) is 0. The molecule has 0 radical (unpaired) electrons. The second kappa shape index (κ2) is 4.63. The summed E-state index contributed by atoms with van der Waals surface area (Å²) in [6.45, 7) is 5.72. The number of hydrogen-bond acceptors (Lipinski definition) is 6. The molecule has 2 N–H and O–H groups in total. The van der Waals surface area contributed by atoms with Crippen molar-refractivity contribution in [3.05, 3.63) is 22.4 Å². The van der Waals surface area contributed by atoms with E-state index in [1.807, 2.05) is 0 Å². The molecule has 19 heavy (non-hydrogen) atoms. The van der Waals surface area contributed by atoms with Crippen molar-refractivity contribution in [3.63, 3.8) is 0 Å². The third-order valence-electron chi connectivity index (χ3n) is 3.35. The maximum absolute atomic E-state index is 11.5. The first-order chi connectivity index (χ1) is 9.13. The highest BCUT2D eigenvalue weighted by atomic mass is 16.1. The zero-order valence-electron chi connectivity index (χ0n) is 11.1. The minimum Gasteiger partial charge on any atom is -0.304 e. The molecule has 1 aliphatic rings. The van der Waals surface area contributed by atoms with Gasteiger partial charge in [0.05, 0.1) is 0 Å². The first-order valence-electron chi connectivity index (χ1n) is 6.28. The Morgan fingerprint density at radius 2 is 2.05 bits per heavy atom. The van der Waals surface area contributed by atoms with E-state index in [9.17, 15) is 4.79 Å². The number of aromatic amines is 1. The topological polar surface area (TPSA) is 81.6 Å². The van der Waals surface area contributed by atoms with E-state index in [0.717, 1.165) is 26.2 Å². The van der Waals surface area contributed by atoms with Gasteiger partial charge in [-0.25, -0.2) is 24.3 Å². The van der Waals surface area contributed by atoms with Crippen LogP contribution in [0.25, 0.3) is 5.65 Å². The van der Waals surface area contributed by atoms with Crippen LogP contribution in [0, 0.1) is 6.92 Å². The van der Waals surface area contributed by atoms with Crippen LogP contribution in [-0.2, 0) is 0 Å². The third-order valence-corrected chi connectivity index (χ3v) is 3.35. The Labute approximate surface area is 110 Å². The molecule has 1 fully saturated rings. The quantitative estimate of drug-likeness (QED) is 0.745. The molecule has 2 aromatic rings. The number of rotatable bonds is 2. The molecule has 8 nitrogen and oxygen atoms in total. The number of likely N-dealkylation sites (N-methyl/N-ethyl adjacent to an activating group) is 1. The summed E-state index contributed by atoms with van der Waals surface area (Å²) in [6, 6.07) is 1.77. The van der Waals surface area contributed by atoms with Gasteiger partial charge in [-0.15, -0.1) is 0 Å². The van der Waals surface area contributed by atoms with E-state index in [-0.39, 0.29) is 5.69 Å². The number of nitrogens with zero attached hydrogens (tertiary/aromatic N) is 5. The van der Waals surface area contributed by atoms with Crippen molar-refractivity contribution >= 4 is 11.5 Å². The van der Waals surface area contributed by atoms with Crippen molar-refractivity contribution in [1.29, 1.82) is 0 Å². The van der Waals surface area contributed by atoms with E-state index < -0.39 is 0 Å². The van der Waals surface area contributed by atoms with Crippen LogP contribution in [-0.4, -0.2) is 62.7 Å². The zero-order chi connectivity index (χ0) is 13.4. The van der Waals surface area contributed by atoms with Crippen LogP contribution in [0.3, 0.4) is 0 Å². The molecule has 8 heteroatoms. The predicted molar refractivity (Wildman–Crippen MR) is 71.0 cm³/mol. The lowest BCUT2D eigenvalue weighted by atomic mass is 10.4. The van der Waals surface area contributed by atoms with Crippen LogP contribution >= 0.6 is 0 Å². The fourth-order valence-electron chi connectivity index (χ4n) is 2.24. The molecule has 102 valence electrons. The molecule has 3 heterocycles. The van der Waals surface area contributed by atoms with Crippen molar-refractivity contribution in [2.45, 2.75) is 6.92 Å².